The summed E-state index contributed by atoms with van der Waals surface area (Å²) in [6.45, 7) is 1.71. The third-order valence-corrected chi connectivity index (χ3v) is 2.43. The predicted octanol–water partition coefficient (Wildman–Crippen LogP) is 1.09. The zero-order valence-corrected chi connectivity index (χ0v) is 10.7. The average molecular weight is 269 g/mol. The molecular weight excluding hydrogens is 253 g/mol. The highest BCUT2D eigenvalue weighted by atomic mass is 19.1. The van der Waals surface area contributed by atoms with E-state index in [2.05, 4.69) is 10.5 Å². The Bertz CT molecular complexity index is 491. The van der Waals surface area contributed by atoms with Gasteiger partial charge in [-0.1, -0.05) is 5.16 Å². The van der Waals surface area contributed by atoms with E-state index in [-0.39, 0.29) is 29.6 Å². The normalized spacial score (nSPS) is 12.9. The number of carbonyl (C=O) groups excluding carboxylic acids is 1. The van der Waals surface area contributed by atoms with Crippen LogP contribution >= 0.6 is 0 Å². The number of hydrogen-bond acceptors (Lipinski definition) is 4. The summed E-state index contributed by atoms with van der Waals surface area (Å²) >= 11 is 0. The standard InChI is InChI=1S/C12H16FN3O3/c1-7(5-11(14)16-18)15-12(17)8-3-4-9(13)10(6-8)19-2/h3-4,6-7,18H,5H2,1-2H3,(H2,14,16)(H,15,17). The second-order valence-electron chi connectivity index (χ2n) is 4.02. The van der Waals surface area contributed by atoms with E-state index >= 15 is 0 Å². The van der Waals surface area contributed by atoms with Gasteiger partial charge < -0.3 is 21.0 Å². The predicted molar refractivity (Wildman–Crippen MR) is 67.9 cm³/mol. The van der Waals surface area contributed by atoms with Crippen LogP contribution in [0.25, 0.3) is 0 Å². The van der Waals surface area contributed by atoms with E-state index in [0.29, 0.717) is 0 Å². The number of amidine groups is 1. The lowest BCUT2D eigenvalue weighted by Crippen LogP contribution is -2.35. The van der Waals surface area contributed by atoms with Crippen molar-refractivity contribution in [2.75, 3.05) is 7.11 Å². The van der Waals surface area contributed by atoms with Crippen molar-refractivity contribution in [2.24, 2.45) is 10.9 Å². The first kappa shape index (κ1) is 14.7. The van der Waals surface area contributed by atoms with Gasteiger partial charge in [0, 0.05) is 18.0 Å². The van der Waals surface area contributed by atoms with Crippen LogP contribution in [0.3, 0.4) is 0 Å². The number of nitrogens with zero attached hydrogens (tertiary/aromatic N) is 1. The first-order valence-corrected chi connectivity index (χ1v) is 5.58. The minimum atomic E-state index is -0.538. The van der Waals surface area contributed by atoms with Gasteiger partial charge in [0.2, 0.25) is 0 Å². The Morgan fingerprint density at radius 2 is 2.32 bits per heavy atom. The minimum Gasteiger partial charge on any atom is -0.494 e. The number of rotatable bonds is 5. The van der Waals surface area contributed by atoms with Gasteiger partial charge in [0.1, 0.15) is 5.84 Å². The number of hydrogen-bond donors (Lipinski definition) is 3. The zero-order valence-electron chi connectivity index (χ0n) is 10.7. The van der Waals surface area contributed by atoms with Crippen molar-refractivity contribution in [3.63, 3.8) is 0 Å². The highest BCUT2D eigenvalue weighted by Crippen LogP contribution is 2.18. The number of amides is 1. The highest BCUT2D eigenvalue weighted by Gasteiger charge is 2.13. The summed E-state index contributed by atoms with van der Waals surface area (Å²) in [5.74, 6) is -0.915. The van der Waals surface area contributed by atoms with Crippen LogP contribution in [-0.2, 0) is 0 Å². The molecule has 6 nitrogen and oxygen atoms in total. The van der Waals surface area contributed by atoms with Crippen LogP contribution in [0.15, 0.2) is 23.4 Å². The number of carbonyl (C=O) groups is 1. The number of oxime groups is 1. The maximum absolute atomic E-state index is 13.2. The van der Waals surface area contributed by atoms with Gasteiger partial charge in [-0.15, -0.1) is 0 Å². The molecule has 1 unspecified atom stereocenters. The minimum absolute atomic E-state index is 0.00302. The van der Waals surface area contributed by atoms with Gasteiger partial charge in [-0.25, -0.2) is 4.39 Å². The molecule has 0 bridgehead atoms. The molecule has 0 aliphatic rings. The molecule has 0 saturated carbocycles. The molecular formula is C12H16FN3O3. The number of methoxy groups -OCH3 is 1. The summed E-state index contributed by atoms with van der Waals surface area (Å²) < 4.78 is 18.0. The summed E-state index contributed by atoms with van der Waals surface area (Å²) in [4.78, 5) is 11.9. The van der Waals surface area contributed by atoms with Crippen LogP contribution in [0.2, 0.25) is 0 Å². The molecule has 1 aromatic rings. The van der Waals surface area contributed by atoms with Crippen molar-refractivity contribution < 1.29 is 19.1 Å². The van der Waals surface area contributed by atoms with Crippen LogP contribution in [0, 0.1) is 5.82 Å². The molecule has 0 aliphatic carbocycles. The molecule has 0 aromatic heterocycles. The van der Waals surface area contributed by atoms with Crippen molar-refractivity contribution >= 4 is 11.7 Å². The maximum atomic E-state index is 13.2. The summed E-state index contributed by atoms with van der Waals surface area (Å²) in [5, 5.41) is 13.9. The molecule has 0 saturated heterocycles. The molecule has 4 N–H and O–H groups in total. The Hall–Kier alpha value is -2.31. The van der Waals surface area contributed by atoms with Crippen LogP contribution in [0.1, 0.15) is 23.7 Å². The highest BCUT2D eigenvalue weighted by molar-refractivity contribution is 5.95. The number of nitrogens with one attached hydrogen (secondary N) is 1. The number of benzene rings is 1. The lowest BCUT2D eigenvalue weighted by atomic mass is 10.1. The molecule has 0 spiro atoms. The third kappa shape index (κ3) is 4.13. The molecule has 0 aliphatic heterocycles. The van der Waals surface area contributed by atoms with Gasteiger partial charge >= 0.3 is 0 Å². The van der Waals surface area contributed by atoms with E-state index in [9.17, 15) is 9.18 Å². The van der Waals surface area contributed by atoms with Gasteiger partial charge in [0.15, 0.2) is 11.6 Å². The fourth-order valence-electron chi connectivity index (χ4n) is 1.51. The van der Waals surface area contributed by atoms with Crippen molar-refractivity contribution in [2.45, 2.75) is 19.4 Å². The van der Waals surface area contributed by atoms with Gasteiger partial charge in [-0.2, -0.15) is 0 Å². The van der Waals surface area contributed by atoms with E-state index in [0.717, 1.165) is 6.07 Å². The van der Waals surface area contributed by atoms with Crippen molar-refractivity contribution in [3.05, 3.63) is 29.6 Å². The Balaban J connectivity index is 2.73. The topological polar surface area (TPSA) is 96.9 Å². The van der Waals surface area contributed by atoms with Crippen molar-refractivity contribution in [3.8, 4) is 5.75 Å². The SMILES string of the molecule is COc1cc(C(=O)NC(C)C/C(N)=N/O)ccc1F. The van der Waals surface area contributed by atoms with E-state index in [1.54, 1.807) is 6.92 Å². The third-order valence-electron chi connectivity index (χ3n) is 2.43. The van der Waals surface area contributed by atoms with E-state index in [1.807, 2.05) is 0 Å². The summed E-state index contributed by atoms with van der Waals surface area (Å²) in [6, 6.07) is 3.49. The lowest BCUT2D eigenvalue weighted by molar-refractivity contribution is 0.0940. The molecule has 1 atom stereocenters. The fraction of sp³-hybridized carbons (Fsp3) is 0.333. The Morgan fingerprint density at radius 1 is 1.63 bits per heavy atom. The monoisotopic (exact) mass is 269 g/mol. The van der Waals surface area contributed by atoms with Gasteiger partial charge in [-0.05, 0) is 25.1 Å². The van der Waals surface area contributed by atoms with E-state index in [4.69, 9.17) is 15.7 Å². The van der Waals surface area contributed by atoms with Crippen molar-refractivity contribution in [1.82, 2.24) is 5.32 Å². The van der Waals surface area contributed by atoms with Crippen LogP contribution in [-0.4, -0.2) is 30.1 Å². The van der Waals surface area contributed by atoms with E-state index in [1.165, 1.54) is 19.2 Å². The van der Waals surface area contributed by atoms with Crippen LogP contribution in [0.5, 0.6) is 5.75 Å². The summed E-state index contributed by atoms with van der Waals surface area (Å²) in [6.07, 6.45) is 0.209. The Labute approximate surface area is 110 Å². The first-order valence-electron chi connectivity index (χ1n) is 5.58. The van der Waals surface area contributed by atoms with Crippen LogP contribution < -0.4 is 15.8 Å². The molecule has 0 radical (unpaired) electrons. The largest absolute Gasteiger partial charge is 0.494 e. The van der Waals surface area contributed by atoms with Gasteiger partial charge in [0.05, 0.1) is 7.11 Å². The molecule has 1 amide bonds. The molecule has 7 heteroatoms. The molecule has 19 heavy (non-hydrogen) atoms. The smallest absolute Gasteiger partial charge is 0.251 e. The van der Waals surface area contributed by atoms with E-state index < -0.39 is 11.7 Å². The number of ether oxygens (including phenoxy) is 1. The second kappa shape index (κ2) is 6.58. The van der Waals surface area contributed by atoms with Crippen LogP contribution in [0.4, 0.5) is 4.39 Å². The molecule has 104 valence electrons. The summed E-state index contributed by atoms with van der Waals surface area (Å²) in [5.41, 5.74) is 5.60. The molecule has 0 heterocycles. The first-order chi connectivity index (χ1) is 8.97. The fourth-order valence-corrected chi connectivity index (χ4v) is 1.51. The Morgan fingerprint density at radius 3 is 2.89 bits per heavy atom. The quantitative estimate of drug-likeness (QED) is 0.322. The van der Waals surface area contributed by atoms with Gasteiger partial charge in [0.25, 0.3) is 5.91 Å². The van der Waals surface area contributed by atoms with Gasteiger partial charge in [-0.3, -0.25) is 4.79 Å². The van der Waals surface area contributed by atoms with Crippen molar-refractivity contribution in [1.29, 1.82) is 0 Å². The number of nitrogens with two attached hydrogens (primary N) is 1. The lowest BCUT2D eigenvalue weighted by Gasteiger charge is -2.13. The zero-order chi connectivity index (χ0) is 14.4. The molecule has 1 aromatic carbocycles. The molecule has 0 fully saturated rings. The second-order valence-corrected chi connectivity index (χ2v) is 4.02. The Kier molecular flexibility index (Phi) is 5.11. The maximum Gasteiger partial charge on any atom is 0.251 e. The average Bonchev–Trinajstić information content (AvgIpc) is 2.38. The summed E-state index contributed by atoms with van der Waals surface area (Å²) in [7, 11) is 1.32. The molecule has 1 rings (SSSR count). The number of halogens is 1.